The predicted molar refractivity (Wildman–Crippen MR) is 77.3 cm³/mol. The van der Waals surface area contributed by atoms with Crippen molar-refractivity contribution >= 4 is 11.6 Å². The van der Waals surface area contributed by atoms with Crippen molar-refractivity contribution in [3.8, 4) is 17.2 Å². The summed E-state index contributed by atoms with van der Waals surface area (Å²) in [5.41, 5.74) is 0.737. The summed E-state index contributed by atoms with van der Waals surface area (Å²) < 4.78 is 34.3. The number of nitrogens with zero attached hydrogens (tertiary/aromatic N) is 1. The maximum Gasteiger partial charge on any atom is 0.387 e. The Morgan fingerprint density at radius 3 is 2.83 bits per heavy atom. The van der Waals surface area contributed by atoms with Crippen LogP contribution in [0.5, 0.6) is 5.75 Å². The number of hydrogen-bond donors (Lipinski definition) is 2. The molecule has 118 valence electrons. The van der Waals surface area contributed by atoms with Gasteiger partial charge in [0.25, 0.3) is 5.91 Å². The van der Waals surface area contributed by atoms with Gasteiger partial charge < -0.3 is 14.5 Å². The molecule has 0 aliphatic rings. The molecule has 8 heteroatoms. The lowest BCUT2D eigenvalue weighted by atomic mass is 10.2. The molecule has 23 heavy (non-hydrogen) atoms. The number of benzene rings is 1. The van der Waals surface area contributed by atoms with Gasteiger partial charge in [-0.25, -0.2) is 0 Å². The smallest absolute Gasteiger partial charge is 0.387 e. The van der Waals surface area contributed by atoms with Crippen molar-refractivity contribution in [1.82, 2.24) is 10.2 Å². The van der Waals surface area contributed by atoms with E-state index in [0.717, 1.165) is 0 Å². The predicted octanol–water partition coefficient (Wildman–Crippen LogP) is 3.52. The zero-order valence-corrected chi connectivity index (χ0v) is 11.6. The van der Waals surface area contributed by atoms with Crippen LogP contribution >= 0.6 is 0 Å². The van der Waals surface area contributed by atoms with Crippen LogP contribution in [0.15, 0.2) is 53.1 Å². The van der Waals surface area contributed by atoms with Crippen molar-refractivity contribution in [1.29, 1.82) is 0 Å². The molecule has 1 aromatic carbocycles. The third-order valence-corrected chi connectivity index (χ3v) is 2.95. The van der Waals surface area contributed by atoms with Gasteiger partial charge in [0.1, 0.15) is 11.4 Å². The number of nitrogens with one attached hydrogen (secondary N) is 2. The fourth-order valence-electron chi connectivity index (χ4n) is 1.95. The van der Waals surface area contributed by atoms with Crippen LogP contribution in [0, 0.1) is 0 Å². The monoisotopic (exact) mass is 319 g/mol. The van der Waals surface area contributed by atoms with Crippen molar-refractivity contribution in [3.63, 3.8) is 0 Å². The zero-order chi connectivity index (χ0) is 16.2. The van der Waals surface area contributed by atoms with Crippen LogP contribution in [0.1, 0.15) is 10.5 Å². The molecule has 0 spiro atoms. The van der Waals surface area contributed by atoms with Crippen LogP contribution in [0.4, 0.5) is 14.5 Å². The molecule has 2 N–H and O–H groups in total. The van der Waals surface area contributed by atoms with Crippen molar-refractivity contribution in [2.24, 2.45) is 0 Å². The van der Waals surface area contributed by atoms with Crippen LogP contribution in [0.2, 0.25) is 0 Å². The van der Waals surface area contributed by atoms with Crippen molar-refractivity contribution < 1.29 is 22.7 Å². The number of rotatable bonds is 5. The van der Waals surface area contributed by atoms with Gasteiger partial charge in [-0.05, 0) is 24.3 Å². The van der Waals surface area contributed by atoms with Crippen LogP contribution in [-0.4, -0.2) is 22.7 Å². The van der Waals surface area contributed by atoms with Crippen LogP contribution in [-0.2, 0) is 0 Å². The molecule has 0 radical (unpaired) electrons. The highest BCUT2D eigenvalue weighted by molar-refractivity contribution is 6.04. The van der Waals surface area contributed by atoms with E-state index in [1.165, 1.54) is 30.5 Å². The molecule has 1 amide bonds. The summed E-state index contributed by atoms with van der Waals surface area (Å²) >= 11 is 0. The number of ether oxygens (including phenoxy) is 1. The Kier molecular flexibility index (Phi) is 4.05. The van der Waals surface area contributed by atoms with E-state index in [0.29, 0.717) is 11.5 Å². The van der Waals surface area contributed by atoms with Gasteiger partial charge in [0, 0.05) is 6.07 Å². The highest BCUT2D eigenvalue weighted by Gasteiger charge is 2.16. The second-order valence-electron chi connectivity index (χ2n) is 4.47. The van der Waals surface area contributed by atoms with E-state index < -0.39 is 12.5 Å². The van der Waals surface area contributed by atoms with Crippen LogP contribution < -0.4 is 10.1 Å². The molecular weight excluding hydrogens is 308 g/mol. The maximum atomic E-state index is 12.4. The van der Waals surface area contributed by atoms with Gasteiger partial charge >= 0.3 is 6.61 Å². The number of halogens is 2. The summed E-state index contributed by atoms with van der Waals surface area (Å²) in [6, 6.07) is 10.8. The van der Waals surface area contributed by atoms with Crippen molar-refractivity contribution in [2.75, 3.05) is 5.32 Å². The lowest BCUT2D eigenvalue weighted by molar-refractivity contribution is -0.0493. The first kappa shape index (κ1) is 14.8. The molecule has 0 saturated carbocycles. The first-order chi connectivity index (χ1) is 11.1. The molecule has 0 bridgehead atoms. The van der Waals surface area contributed by atoms with Crippen LogP contribution in [0.25, 0.3) is 11.5 Å². The fraction of sp³-hybridized carbons (Fsp3) is 0.0667. The third-order valence-electron chi connectivity index (χ3n) is 2.95. The number of H-pyrrole nitrogens is 1. The summed E-state index contributed by atoms with van der Waals surface area (Å²) in [6.07, 6.45) is 1.49. The Balaban J connectivity index is 1.77. The van der Waals surface area contributed by atoms with E-state index >= 15 is 0 Å². The van der Waals surface area contributed by atoms with Crippen molar-refractivity contribution in [2.45, 2.75) is 6.61 Å². The number of furan rings is 1. The highest BCUT2D eigenvalue weighted by Crippen LogP contribution is 2.26. The first-order valence-electron chi connectivity index (χ1n) is 6.58. The number of anilines is 1. The fourth-order valence-corrected chi connectivity index (χ4v) is 1.95. The van der Waals surface area contributed by atoms with Gasteiger partial charge in [-0.3, -0.25) is 9.89 Å². The average molecular weight is 319 g/mol. The molecule has 2 aromatic heterocycles. The molecule has 2 heterocycles. The van der Waals surface area contributed by atoms with Gasteiger partial charge in [0.05, 0.1) is 12.0 Å². The molecule has 3 rings (SSSR count). The Morgan fingerprint density at radius 1 is 1.26 bits per heavy atom. The molecule has 0 saturated heterocycles. The van der Waals surface area contributed by atoms with Gasteiger partial charge in [-0.15, -0.1) is 0 Å². The van der Waals surface area contributed by atoms with E-state index in [4.69, 9.17) is 4.42 Å². The third kappa shape index (κ3) is 3.37. The number of carbonyl (C=O) groups is 1. The lowest BCUT2D eigenvalue weighted by Crippen LogP contribution is -2.14. The number of aromatic amines is 1. The minimum atomic E-state index is -2.98. The van der Waals surface area contributed by atoms with Gasteiger partial charge in [0.15, 0.2) is 11.5 Å². The SMILES string of the molecule is O=C(Nc1ccccc1OC(F)F)c1cc(-c2ccco2)[nH]n1. The summed E-state index contributed by atoms with van der Waals surface area (Å²) in [7, 11) is 0. The molecule has 0 aliphatic carbocycles. The first-order valence-corrected chi connectivity index (χ1v) is 6.58. The topological polar surface area (TPSA) is 80.1 Å². The lowest BCUT2D eigenvalue weighted by Gasteiger charge is -2.10. The number of aromatic nitrogens is 2. The second kappa shape index (κ2) is 6.30. The van der Waals surface area contributed by atoms with Gasteiger partial charge in [-0.1, -0.05) is 12.1 Å². The molecule has 0 atom stereocenters. The minimum absolute atomic E-state index is 0.0863. The summed E-state index contributed by atoms with van der Waals surface area (Å²) in [5, 5.41) is 9.02. The second-order valence-corrected chi connectivity index (χ2v) is 4.47. The maximum absolute atomic E-state index is 12.4. The van der Waals surface area contributed by atoms with E-state index in [1.807, 2.05) is 0 Å². The molecule has 6 nitrogen and oxygen atoms in total. The van der Waals surface area contributed by atoms with Gasteiger partial charge in [-0.2, -0.15) is 13.9 Å². The number of alkyl halides is 2. The normalized spacial score (nSPS) is 10.7. The number of para-hydroxylation sites is 2. The average Bonchev–Trinajstić information content (AvgIpc) is 3.19. The van der Waals surface area contributed by atoms with E-state index in [9.17, 15) is 13.6 Å². The largest absolute Gasteiger partial charge is 0.463 e. The molecule has 3 aromatic rings. The Hall–Kier alpha value is -3.16. The summed E-state index contributed by atoms with van der Waals surface area (Å²) in [5.74, 6) is -0.167. The Morgan fingerprint density at radius 2 is 2.09 bits per heavy atom. The zero-order valence-electron chi connectivity index (χ0n) is 11.6. The number of amides is 1. The molecule has 0 aliphatic heterocycles. The molecular formula is C15H11F2N3O3. The molecule has 0 unspecified atom stereocenters. The standard InChI is InChI=1S/C15H11F2N3O3/c16-15(17)23-13-5-2-1-4-9(13)18-14(21)11-8-10(19-20-11)12-6-3-7-22-12/h1-8,15H,(H,18,21)(H,19,20). The quantitative estimate of drug-likeness (QED) is 0.754. The van der Waals surface area contributed by atoms with E-state index in [1.54, 1.807) is 18.2 Å². The van der Waals surface area contributed by atoms with Crippen molar-refractivity contribution in [3.05, 3.63) is 54.4 Å². The van der Waals surface area contributed by atoms with E-state index in [2.05, 4.69) is 20.3 Å². The highest BCUT2D eigenvalue weighted by atomic mass is 19.3. The molecule has 0 fully saturated rings. The van der Waals surface area contributed by atoms with E-state index in [-0.39, 0.29) is 17.1 Å². The number of carbonyl (C=O) groups excluding carboxylic acids is 1. The minimum Gasteiger partial charge on any atom is -0.463 e. The van der Waals surface area contributed by atoms with Crippen LogP contribution in [0.3, 0.4) is 0 Å². The Bertz CT molecular complexity index is 800. The van der Waals surface area contributed by atoms with Gasteiger partial charge in [0.2, 0.25) is 0 Å². The Labute approximate surface area is 129 Å². The number of hydrogen-bond acceptors (Lipinski definition) is 4. The summed E-state index contributed by atoms with van der Waals surface area (Å²) in [4.78, 5) is 12.2. The summed E-state index contributed by atoms with van der Waals surface area (Å²) in [6.45, 7) is -2.98.